The summed E-state index contributed by atoms with van der Waals surface area (Å²) < 4.78 is 0. The van der Waals surface area contributed by atoms with Gasteiger partial charge in [0.1, 0.15) is 5.82 Å². The molecule has 1 N–H and O–H groups in total. The van der Waals surface area contributed by atoms with Gasteiger partial charge in [0, 0.05) is 31.6 Å². The third-order valence-electron chi connectivity index (χ3n) is 3.09. The summed E-state index contributed by atoms with van der Waals surface area (Å²) in [5, 5.41) is 3.30. The fourth-order valence-electron chi connectivity index (χ4n) is 2.11. The summed E-state index contributed by atoms with van der Waals surface area (Å²) in [5.74, 6) is 0.900. The average Bonchev–Trinajstić information content (AvgIpc) is 2.27. The van der Waals surface area contributed by atoms with E-state index in [4.69, 9.17) is 0 Å². The maximum atomic E-state index is 4.65. The van der Waals surface area contributed by atoms with Gasteiger partial charge in [-0.15, -0.1) is 0 Å². The van der Waals surface area contributed by atoms with Crippen molar-refractivity contribution in [1.29, 1.82) is 0 Å². The maximum Gasteiger partial charge on any atom is 0.145 e. The van der Waals surface area contributed by atoms with Crippen molar-refractivity contribution in [1.82, 2.24) is 14.9 Å². The van der Waals surface area contributed by atoms with E-state index < -0.39 is 0 Å². The number of fused-ring (bicyclic) bond motifs is 1. The summed E-state index contributed by atoms with van der Waals surface area (Å²) in [6, 6.07) is 0.983. The molecule has 0 fully saturated rings. The van der Waals surface area contributed by atoms with E-state index >= 15 is 0 Å². The van der Waals surface area contributed by atoms with Crippen LogP contribution in [0, 0.1) is 0 Å². The van der Waals surface area contributed by atoms with Crippen LogP contribution in [0.3, 0.4) is 0 Å². The molecule has 1 aromatic rings. The van der Waals surface area contributed by atoms with Crippen molar-refractivity contribution in [3.05, 3.63) is 17.6 Å². The minimum absolute atomic E-state index is 0.401. The fraction of sp³-hybridized carbons (Fsp3) is 0.692. The normalized spacial score (nSPS) is 16.4. The molecule has 0 aromatic carbocycles. The van der Waals surface area contributed by atoms with Gasteiger partial charge in [-0.25, -0.2) is 4.98 Å². The Morgan fingerprint density at radius 2 is 2.00 bits per heavy atom. The van der Waals surface area contributed by atoms with Crippen LogP contribution in [0.25, 0.3) is 0 Å². The highest BCUT2D eigenvalue weighted by atomic mass is 15.2. The lowest BCUT2D eigenvalue weighted by molar-refractivity contribution is 0.198. The van der Waals surface area contributed by atoms with Crippen LogP contribution in [0.15, 0.2) is 6.20 Å². The Labute approximate surface area is 103 Å². The second-order valence-electron chi connectivity index (χ2n) is 5.26. The molecule has 4 nitrogen and oxygen atoms in total. The van der Waals surface area contributed by atoms with Crippen molar-refractivity contribution in [2.24, 2.45) is 0 Å². The summed E-state index contributed by atoms with van der Waals surface area (Å²) >= 11 is 0. The molecular formula is C13H22N4. The molecule has 0 amide bonds. The van der Waals surface area contributed by atoms with Crippen molar-refractivity contribution in [2.45, 2.75) is 52.7 Å². The first-order chi connectivity index (χ1) is 8.06. The van der Waals surface area contributed by atoms with Crippen LogP contribution < -0.4 is 5.32 Å². The molecule has 0 atom stereocenters. The summed E-state index contributed by atoms with van der Waals surface area (Å²) in [7, 11) is 0. The van der Waals surface area contributed by atoms with Crippen LogP contribution in [0.2, 0.25) is 0 Å². The Morgan fingerprint density at radius 3 is 2.65 bits per heavy atom. The van der Waals surface area contributed by atoms with E-state index in [1.54, 1.807) is 0 Å². The quantitative estimate of drug-likeness (QED) is 0.869. The van der Waals surface area contributed by atoms with Crippen molar-refractivity contribution >= 4 is 5.82 Å². The van der Waals surface area contributed by atoms with Gasteiger partial charge in [0.25, 0.3) is 0 Å². The van der Waals surface area contributed by atoms with Crippen molar-refractivity contribution < 1.29 is 0 Å². The predicted octanol–water partition coefficient (Wildman–Crippen LogP) is 2.06. The van der Waals surface area contributed by atoms with Crippen molar-refractivity contribution in [2.75, 3.05) is 11.9 Å². The number of nitrogens with zero attached hydrogens (tertiary/aromatic N) is 3. The van der Waals surface area contributed by atoms with Crippen molar-refractivity contribution in [3.8, 4) is 0 Å². The van der Waals surface area contributed by atoms with Gasteiger partial charge in [-0.1, -0.05) is 0 Å². The van der Waals surface area contributed by atoms with Crippen LogP contribution in [-0.4, -0.2) is 33.5 Å². The lowest BCUT2D eigenvalue weighted by Gasteiger charge is -2.30. The highest BCUT2D eigenvalue weighted by Gasteiger charge is 2.20. The lowest BCUT2D eigenvalue weighted by atomic mass is 10.1. The van der Waals surface area contributed by atoms with E-state index in [2.05, 4.69) is 47.9 Å². The molecular weight excluding hydrogens is 212 g/mol. The minimum Gasteiger partial charge on any atom is -0.367 e. The summed E-state index contributed by atoms with van der Waals surface area (Å²) in [6.07, 6.45) is 2.86. The molecule has 17 heavy (non-hydrogen) atoms. The number of anilines is 1. The zero-order valence-electron chi connectivity index (χ0n) is 11.2. The Morgan fingerprint density at radius 1 is 1.24 bits per heavy atom. The van der Waals surface area contributed by atoms with E-state index in [1.807, 2.05) is 6.20 Å². The molecule has 0 saturated heterocycles. The second kappa shape index (κ2) is 5.00. The van der Waals surface area contributed by atoms with Crippen LogP contribution in [-0.2, 0) is 13.0 Å². The van der Waals surface area contributed by atoms with Crippen LogP contribution in [0.4, 0.5) is 5.82 Å². The first kappa shape index (κ1) is 12.3. The molecule has 0 saturated carbocycles. The first-order valence-electron chi connectivity index (χ1n) is 6.41. The minimum atomic E-state index is 0.401. The molecule has 1 aromatic heterocycles. The molecule has 2 heterocycles. The maximum absolute atomic E-state index is 4.65. The number of hydrogen-bond donors (Lipinski definition) is 1. The monoisotopic (exact) mass is 234 g/mol. The molecule has 0 radical (unpaired) electrons. The van der Waals surface area contributed by atoms with Gasteiger partial charge in [0.2, 0.25) is 0 Å². The molecule has 1 aliphatic rings. The number of nitrogens with one attached hydrogen (secondary N) is 1. The largest absolute Gasteiger partial charge is 0.367 e. The van der Waals surface area contributed by atoms with Crippen LogP contribution in [0.1, 0.15) is 39.1 Å². The Balaban J connectivity index is 2.14. The predicted molar refractivity (Wildman–Crippen MR) is 70.0 cm³/mol. The summed E-state index contributed by atoms with van der Waals surface area (Å²) in [4.78, 5) is 11.6. The van der Waals surface area contributed by atoms with E-state index in [0.29, 0.717) is 12.1 Å². The molecule has 0 aliphatic carbocycles. The molecule has 1 aliphatic heterocycles. The highest BCUT2D eigenvalue weighted by molar-refractivity contribution is 5.35. The number of aromatic nitrogens is 2. The summed E-state index contributed by atoms with van der Waals surface area (Å²) in [6.45, 7) is 10.7. The van der Waals surface area contributed by atoms with Gasteiger partial charge in [0.15, 0.2) is 0 Å². The number of rotatable bonds is 3. The van der Waals surface area contributed by atoms with E-state index in [9.17, 15) is 0 Å². The van der Waals surface area contributed by atoms with Gasteiger partial charge in [-0.05, 0) is 27.7 Å². The molecule has 94 valence electrons. The first-order valence-corrected chi connectivity index (χ1v) is 6.41. The molecule has 4 heteroatoms. The molecule has 0 unspecified atom stereocenters. The second-order valence-corrected chi connectivity index (χ2v) is 5.26. The van der Waals surface area contributed by atoms with Gasteiger partial charge in [-0.2, -0.15) is 0 Å². The van der Waals surface area contributed by atoms with Crippen molar-refractivity contribution in [3.63, 3.8) is 0 Å². The molecule has 0 spiro atoms. The molecule has 2 rings (SSSR count). The zero-order valence-corrected chi connectivity index (χ0v) is 11.2. The van der Waals surface area contributed by atoms with Gasteiger partial charge >= 0.3 is 0 Å². The average molecular weight is 234 g/mol. The zero-order chi connectivity index (χ0) is 12.4. The summed E-state index contributed by atoms with van der Waals surface area (Å²) in [5.41, 5.74) is 2.30. The fourth-order valence-corrected chi connectivity index (χ4v) is 2.11. The van der Waals surface area contributed by atoms with Crippen LogP contribution >= 0.6 is 0 Å². The Kier molecular flexibility index (Phi) is 3.62. The smallest absolute Gasteiger partial charge is 0.145 e. The number of hydrogen-bond acceptors (Lipinski definition) is 4. The SMILES string of the molecule is CC(C)Nc1cnc2c(n1)CCN(C(C)C)C2. The van der Waals surface area contributed by atoms with Crippen LogP contribution in [0.5, 0.6) is 0 Å². The molecule has 0 bridgehead atoms. The third kappa shape index (κ3) is 2.94. The van der Waals surface area contributed by atoms with E-state index in [0.717, 1.165) is 36.7 Å². The van der Waals surface area contributed by atoms with Gasteiger partial charge < -0.3 is 5.32 Å². The van der Waals surface area contributed by atoms with E-state index in [-0.39, 0.29) is 0 Å². The topological polar surface area (TPSA) is 41.1 Å². The van der Waals surface area contributed by atoms with Gasteiger partial charge in [-0.3, -0.25) is 9.88 Å². The van der Waals surface area contributed by atoms with Gasteiger partial charge in [0.05, 0.1) is 17.6 Å². The Bertz CT molecular complexity index is 387. The lowest BCUT2D eigenvalue weighted by Crippen LogP contribution is -2.36. The Hall–Kier alpha value is -1.16. The highest BCUT2D eigenvalue weighted by Crippen LogP contribution is 2.18. The third-order valence-corrected chi connectivity index (χ3v) is 3.09. The van der Waals surface area contributed by atoms with E-state index in [1.165, 1.54) is 0 Å². The standard InChI is InChI=1S/C13H22N4/c1-9(2)15-13-7-14-12-8-17(10(3)4)6-5-11(12)16-13/h7,9-10H,5-6,8H2,1-4H3,(H,15,16).